The van der Waals surface area contributed by atoms with Crippen LogP contribution in [0.5, 0.6) is 0 Å². The maximum Gasteiger partial charge on any atom is 0.191 e. The van der Waals surface area contributed by atoms with E-state index in [1.165, 1.54) is 11.1 Å². The van der Waals surface area contributed by atoms with Gasteiger partial charge in [-0.2, -0.15) is 5.10 Å². The average Bonchev–Trinajstić information content (AvgIpc) is 2.93. The summed E-state index contributed by atoms with van der Waals surface area (Å²) in [6.45, 7) is 2.66. The fourth-order valence-corrected chi connectivity index (χ4v) is 2.35. The third-order valence-electron chi connectivity index (χ3n) is 3.38. The molecule has 5 nitrogen and oxygen atoms in total. The van der Waals surface area contributed by atoms with Crippen molar-refractivity contribution < 1.29 is 0 Å². The molecule has 3 rings (SSSR count). The summed E-state index contributed by atoms with van der Waals surface area (Å²) in [6.07, 6.45) is 5.04. The fourth-order valence-electron chi connectivity index (χ4n) is 2.35. The molecule has 0 fully saturated rings. The number of nitrogens with zero attached hydrogens (tertiary/aromatic N) is 3. The lowest BCUT2D eigenvalue weighted by molar-refractivity contribution is 0.702. The molecule has 6 heteroatoms. The first kappa shape index (κ1) is 15.8. The summed E-state index contributed by atoms with van der Waals surface area (Å²) >= 11 is 0. The Bertz CT molecular complexity index is 620. The lowest BCUT2D eigenvalue weighted by Gasteiger charge is -2.17. The molecule has 2 N–H and O–H groups in total. The van der Waals surface area contributed by atoms with E-state index in [4.69, 9.17) is 0 Å². The zero-order valence-electron chi connectivity index (χ0n) is 12.0. The van der Waals surface area contributed by atoms with Gasteiger partial charge in [0.25, 0.3) is 0 Å². The van der Waals surface area contributed by atoms with Gasteiger partial charge in [-0.25, -0.2) is 0 Å². The molecule has 2 aromatic rings. The average molecular weight is 397 g/mol. The number of rotatable bonds is 3. The van der Waals surface area contributed by atoms with Crippen molar-refractivity contribution in [3.05, 3.63) is 42.2 Å². The first-order valence-electron chi connectivity index (χ1n) is 6.92. The molecule has 0 unspecified atom stereocenters. The molecule has 0 aliphatic carbocycles. The van der Waals surface area contributed by atoms with Gasteiger partial charge in [0.05, 0.1) is 6.20 Å². The van der Waals surface area contributed by atoms with Crippen molar-refractivity contribution in [1.29, 1.82) is 0 Å². The lowest BCUT2D eigenvalue weighted by atomic mass is 10.0. The van der Waals surface area contributed by atoms with Crippen LogP contribution < -0.4 is 10.6 Å². The molecular formula is C15H20IN5. The lowest BCUT2D eigenvalue weighted by Crippen LogP contribution is -2.40. The van der Waals surface area contributed by atoms with Crippen molar-refractivity contribution in [2.24, 2.45) is 12.0 Å². The summed E-state index contributed by atoms with van der Waals surface area (Å²) in [5.74, 6) is 0.900. The van der Waals surface area contributed by atoms with E-state index in [1.807, 2.05) is 24.1 Å². The minimum atomic E-state index is 0. The van der Waals surface area contributed by atoms with Crippen molar-refractivity contribution in [3.8, 4) is 11.1 Å². The first-order valence-corrected chi connectivity index (χ1v) is 6.92. The zero-order chi connectivity index (χ0) is 13.8. The van der Waals surface area contributed by atoms with Gasteiger partial charge < -0.3 is 10.6 Å². The van der Waals surface area contributed by atoms with Gasteiger partial charge >= 0.3 is 0 Å². The molecule has 112 valence electrons. The molecule has 1 aliphatic heterocycles. The Labute approximate surface area is 141 Å². The van der Waals surface area contributed by atoms with Crippen LogP contribution in [0.25, 0.3) is 11.1 Å². The monoisotopic (exact) mass is 397 g/mol. The maximum atomic E-state index is 4.43. The Hall–Kier alpha value is -1.57. The molecule has 0 bridgehead atoms. The molecule has 0 spiro atoms. The van der Waals surface area contributed by atoms with Crippen molar-refractivity contribution in [2.75, 3.05) is 13.1 Å². The minimum absolute atomic E-state index is 0. The molecule has 2 heterocycles. The van der Waals surface area contributed by atoms with Crippen LogP contribution in [0.3, 0.4) is 0 Å². The summed E-state index contributed by atoms with van der Waals surface area (Å²) in [5.41, 5.74) is 3.60. The van der Waals surface area contributed by atoms with E-state index < -0.39 is 0 Å². The molecule has 1 aromatic carbocycles. The molecule has 0 amide bonds. The minimum Gasteiger partial charge on any atom is -0.356 e. The Balaban J connectivity index is 0.00000161. The summed E-state index contributed by atoms with van der Waals surface area (Å²) in [7, 11) is 1.94. The van der Waals surface area contributed by atoms with E-state index >= 15 is 0 Å². The van der Waals surface area contributed by atoms with Crippen LogP contribution in [0.15, 0.2) is 41.7 Å². The van der Waals surface area contributed by atoms with Gasteiger partial charge in [-0.3, -0.25) is 9.67 Å². The molecule has 0 radical (unpaired) electrons. The zero-order valence-corrected chi connectivity index (χ0v) is 14.4. The van der Waals surface area contributed by atoms with Crippen LogP contribution >= 0.6 is 24.0 Å². The smallest absolute Gasteiger partial charge is 0.191 e. The summed E-state index contributed by atoms with van der Waals surface area (Å²) in [6, 6.07) is 8.39. The van der Waals surface area contributed by atoms with Crippen LogP contribution in [-0.2, 0) is 13.6 Å². The van der Waals surface area contributed by atoms with Crippen molar-refractivity contribution in [2.45, 2.75) is 13.0 Å². The SMILES string of the molecule is Cn1cc(-c2ccccc2CNC2=NCCCN2)cn1.I. The van der Waals surface area contributed by atoms with Crippen molar-refractivity contribution >= 4 is 29.9 Å². The number of halogens is 1. The van der Waals surface area contributed by atoms with Gasteiger partial charge in [0, 0.05) is 38.4 Å². The van der Waals surface area contributed by atoms with E-state index in [0.717, 1.165) is 37.6 Å². The molecule has 0 saturated carbocycles. The maximum absolute atomic E-state index is 4.43. The summed E-state index contributed by atoms with van der Waals surface area (Å²) in [5, 5.41) is 10.9. The number of guanidine groups is 1. The first-order chi connectivity index (χ1) is 9.83. The van der Waals surface area contributed by atoms with Gasteiger partial charge in [0.2, 0.25) is 0 Å². The number of aryl methyl sites for hydroxylation is 1. The van der Waals surface area contributed by atoms with Gasteiger partial charge in [0.15, 0.2) is 5.96 Å². The van der Waals surface area contributed by atoms with E-state index in [0.29, 0.717) is 0 Å². The van der Waals surface area contributed by atoms with Crippen LogP contribution in [0.1, 0.15) is 12.0 Å². The highest BCUT2D eigenvalue weighted by Crippen LogP contribution is 2.22. The van der Waals surface area contributed by atoms with Crippen LogP contribution in [0.2, 0.25) is 0 Å². The standard InChI is InChI=1S/C15H19N5.HI/c1-20-11-13(10-19-20)14-6-3-2-5-12(14)9-18-15-16-7-4-8-17-15;/h2-3,5-6,10-11H,4,7-9H2,1H3,(H2,16,17,18);1H. The van der Waals surface area contributed by atoms with E-state index in [9.17, 15) is 0 Å². The second-order valence-corrected chi connectivity index (χ2v) is 4.92. The van der Waals surface area contributed by atoms with Crippen LogP contribution in [0, 0.1) is 0 Å². The number of hydrogen-bond acceptors (Lipinski definition) is 4. The predicted molar refractivity (Wildman–Crippen MR) is 95.8 cm³/mol. The normalized spacial score (nSPS) is 13.9. The van der Waals surface area contributed by atoms with Crippen LogP contribution in [-0.4, -0.2) is 28.8 Å². The van der Waals surface area contributed by atoms with E-state index in [-0.39, 0.29) is 24.0 Å². The Morgan fingerprint density at radius 2 is 2.19 bits per heavy atom. The van der Waals surface area contributed by atoms with Gasteiger partial charge in [-0.1, -0.05) is 24.3 Å². The van der Waals surface area contributed by atoms with Crippen LogP contribution in [0.4, 0.5) is 0 Å². The largest absolute Gasteiger partial charge is 0.356 e. The molecule has 1 aromatic heterocycles. The van der Waals surface area contributed by atoms with Gasteiger partial charge in [-0.05, 0) is 17.5 Å². The number of aromatic nitrogens is 2. The Kier molecular flexibility index (Phi) is 5.60. The topological polar surface area (TPSA) is 54.2 Å². The second kappa shape index (κ2) is 7.44. The van der Waals surface area contributed by atoms with E-state index in [1.54, 1.807) is 0 Å². The summed E-state index contributed by atoms with van der Waals surface area (Å²) < 4.78 is 1.83. The Morgan fingerprint density at radius 1 is 1.33 bits per heavy atom. The summed E-state index contributed by atoms with van der Waals surface area (Å²) in [4.78, 5) is 4.43. The highest BCUT2D eigenvalue weighted by Gasteiger charge is 2.08. The van der Waals surface area contributed by atoms with Gasteiger partial charge in [-0.15, -0.1) is 24.0 Å². The highest BCUT2D eigenvalue weighted by molar-refractivity contribution is 14.0. The fraction of sp³-hybridized carbons (Fsp3) is 0.333. The highest BCUT2D eigenvalue weighted by atomic mass is 127. The molecule has 21 heavy (non-hydrogen) atoms. The molecule has 0 atom stereocenters. The number of hydrogen-bond donors (Lipinski definition) is 2. The quantitative estimate of drug-likeness (QED) is 0.781. The number of benzene rings is 1. The molecular weight excluding hydrogens is 377 g/mol. The number of aliphatic imine (C=N–C) groups is 1. The number of nitrogens with one attached hydrogen (secondary N) is 2. The van der Waals surface area contributed by atoms with Crippen molar-refractivity contribution in [1.82, 2.24) is 20.4 Å². The van der Waals surface area contributed by atoms with Gasteiger partial charge in [0.1, 0.15) is 0 Å². The third kappa shape index (κ3) is 3.96. The van der Waals surface area contributed by atoms with Crippen molar-refractivity contribution in [3.63, 3.8) is 0 Å². The predicted octanol–water partition coefficient (Wildman–Crippen LogP) is 2.14. The molecule has 0 saturated heterocycles. The second-order valence-electron chi connectivity index (χ2n) is 4.92. The third-order valence-corrected chi connectivity index (χ3v) is 3.38. The Morgan fingerprint density at radius 3 is 2.90 bits per heavy atom. The van der Waals surface area contributed by atoms with E-state index in [2.05, 4.69) is 45.0 Å². The molecule has 1 aliphatic rings.